The Labute approximate surface area is 264 Å². The third-order valence-electron chi connectivity index (χ3n) is 8.54. The number of anilines is 1. The maximum Gasteiger partial charge on any atom is 0.573 e. The number of carbonyl (C=O) groups is 2. The monoisotopic (exact) mass is 684 g/mol. The number of cyclic esters (lactones) is 1. The molecule has 1 aliphatic carbocycles. The molecule has 0 aromatic heterocycles. The van der Waals surface area contributed by atoms with Crippen LogP contribution in [-0.2, 0) is 33.2 Å². The van der Waals surface area contributed by atoms with E-state index in [4.69, 9.17) is 9.47 Å². The van der Waals surface area contributed by atoms with E-state index >= 15 is 0 Å². The van der Waals surface area contributed by atoms with Crippen molar-refractivity contribution in [1.82, 2.24) is 4.90 Å². The lowest BCUT2D eigenvalue weighted by molar-refractivity contribution is -0.274. The highest BCUT2D eigenvalue weighted by molar-refractivity contribution is 5.72. The van der Waals surface area contributed by atoms with Crippen molar-refractivity contribution >= 4 is 17.7 Å². The van der Waals surface area contributed by atoms with Gasteiger partial charge < -0.3 is 19.1 Å². The topological polar surface area (TPSA) is 68.3 Å². The zero-order valence-corrected chi connectivity index (χ0v) is 25.6. The second kappa shape index (κ2) is 13.7. The molecule has 1 saturated heterocycles. The van der Waals surface area contributed by atoms with E-state index in [2.05, 4.69) is 4.74 Å². The van der Waals surface area contributed by atoms with E-state index in [-0.39, 0.29) is 29.4 Å². The van der Waals surface area contributed by atoms with E-state index in [1.54, 1.807) is 0 Å². The molecule has 0 unspecified atom stereocenters. The molecule has 2 atom stereocenters. The second-order valence-corrected chi connectivity index (χ2v) is 11.6. The summed E-state index contributed by atoms with van der Waals surface area (Å²) >= 11 is 0. The van der Waals surface area contributed by atoms with Crippen molar-refractivity contribution in [3.05, 3.63) is 58.7 Å². The average Bonchev–Trinajstić information content (AvgIpc) is 3.26. The highest BCUT2D eigenvalue weighted by Crippen LogP contribution is 2.42. The van der Waals surface area contributed by atoms with Gasteiger partial charge in [0.05, 0.1) is 36.7 Å². The Hall–Kier alpha value is -3.85. The van der Waals surface area contributed by atoms with Gasteiger partial charge in [0.15, 0.2) is 0 Å². The zero-order chi connectivity index (χ0) is 34.9. The van der Waals surface area contributed by atoms with Crippen LogP contribution < -0.4 is 9.64 Å². The minimum atomic E-state index is -5.13. The molecular weight excluding hydrogens is 651 g/mol. The number of esters is 1. The van der Waals surface area contributed by atoms with Crippen molar-refractivity contribution in [3.63, 3.8) is 0 Å². The summed E-state index contributed by atoms with van der Waals surface area (Å²) in [5, 5.41) is 0. The summed E-state index contributed by atoms with van der Waals surface area (Å²) in [7, 11) is 1.32. The van der Waals surface area contributed by atoms with Crippen LogP contribution in [0.25, 0.3) is 0 Å². The Kier molecular flexibility index (Phi) is 10.5. The molecule has 1 amide bonds. The molecular formula is C31H33F9N2O5. The lowest BCUT2D eigenvalue weighted by Crippen LogP contribution is -2.35. The predicted octanol–water partition coefficient (Wildman–Crippen LogP) is 8.51. The quantitative estimate of drug-likeness (QED) is 0.195. The molecule has 0 spiro atoms. The average molecular weight is 685 g/mol. The first-order valence-electron chi connectivity index (χ1n) is 14.8. The van der Waals surface area contributed by atoms with Gasteiger partial charge in [-0.2, -0.15) is 26.3 Å². The Balaban J connectivity index is 1.64. The first-order valence-corrected chi connectivity index (χ1v) is 14.8. The second-order valence-electron chi connectivity index (χ2n) is 11.6. The van der Waals surface area contributed by atoms with Gasteiger partial charge in [0.2, 0.25) is 0 Å². The number of methoxy groups -OCH3 is 1. The van der Waals surface area contributed by atoms with Crippen LogP contribution in [0.2, 0.25) is 0 Å². The largest absolute Gasteiger partial charge is 0.573 e. The summed E-state index contributed by atoms with van der Waals surface area (Å²) in [4.78, 5) is 27.9. The molecule has 0 N–H and O–H groups in total. The molecule has 7 nitrogen and oxygen atoms in total. The number of ether oxygens (including phenoxy) is 3. The van der Waals surface area contributed by atoms with Crippen molar-refractivity contribution in [3.8, 4) is 5.75 Å². The van der Waals surface area contributed by atoms with Crippen molar-refractivity contribution < 1.29 is 63.3 Å². The molecule has 2 aliphatic rings. The molecule has 0 radical (unpaired) electrons. The van der Waals surface area contributed by atoms with E-state index in [0.717, 1.165) is 17.0 Å². The lowest BCUT2D eigenvalue weighted by Gasteiger charge is -2.34. The van der Waals surface area contributed by atoms with Crippen LogP contribution in [0.1, 0.15) is 67.9 Å². The van der Waals surface area contributed by atoms with E-state index < -0.39 is 65.9 Å². The van der Waals surface area contributed by atoms with Gasteiger partial charge in [0.1, 0.15) is 11.9 Å². The van der Waals surface area contributed by atoms with E-state index in [1.807, 2.05) is 11.8 Å². The van der Waals surface area contributed by atoms with Crippen molar-refractivity contribution in [2.45, 2.75) is 76.9 Å². The third-order valence-corrected chi connectivity index (χ3v) is 8.54. The molecule has 2 fully saturated rings. The smallest absolute Gasteiger partial charge is 0.469 e. The van der Waals surface area contributed by atoms with Gasteiger partial charge in [-0.05, 0) is 93.0 Å². The molecule has 1 saturated carbocycles. The van der Waals surface area contributed by atoms with Gasteiger partial charge in [-0.25, -0.2) is 4.79 Å². The van der Waals surface area contributed by atoms with Gasteiger partial charge in [0, 0.05) is 18.8 Å². The fourth-order valence-electron chi connectivity index (χ4n) is 6.14. The summed E-state index contributed by atoms with van der Waals surface area (Å²) in [5.74, 6) is -0.975. The summed E-state index contributed by atoms with van der Waals surface area (Å²) in [6.07, 6.45) is -15.3. The minimum Gasteiger partial charge on any atom is -0.469 e. The van der Waals surface area contributed by atoms with Crippen LogP contribution in [0.15, 0.2) is 36.4 Å². The van der Waals surface area contributed by atoms with Crippen LogP contribution in [0.5, 0.6) is 5.75 Å². The van der Waals surface area contributed by atoms with Crippen LogP contribution in [-0.4, -0.2) is 49.6 Å². The number of hydrogen-bond donors (Lipinski definition) is 0. The number of nitrogens with zero attached hydrogens (tertiary/aromatic N) is 2. The molecule has 2 aromatic rings. The van der Waals surface area contributed by atoms with Crippen LogP contribution in [0, 0.1) is 11.8 Å². The minimum absolute atomic E-state index is 0.0393. The number of rotatable bonds is 9. The summed E-state index contributed by atoms with van der Waals surface area (Å²) in [6, 6.07) is 3.39. The van der Waals surface area contributed by atoms with Gasteiger partial charge in [-0.3, -0.25) is 9.69 Å². The Morgan fingerprint density at radius 3 is 2.04 bits per heavy atom. The number of benzene rings is 2. The number of alkyl halides is 9. The molecule has 4 rings (SSSR count). The van der Waals surface area contributed by atoms with Crippen molar-refractivity contribution in [2.24, 2.45) is 11.8 Å². The van der Waals surface area contributed by atoms with Crippen LogP contribution >= 0.6 is 0 Å². The number of hydrogen-bond acceptors (Lipinski definition) is 6. The maximum absolute atomic E-state index is 13.5. The van der Waals surface area contributed by atoms with E-state index in [0.29, 0.717) is 56.6 Å². The summed E-state index contributed by atoms with van der Waals surface area (Å²) < 4.78 is 135. The third kappa shape index (κ3) is 8.74. The maximum atomic E-state index is 13.5. The summed E-state index contributed by atoms with van der Waals surface area (Å²) in [5.41, 5.74) is -3.08. The molecule has 260 valence electrons. The zero-order valence-electron chi connectivity index (χ0n) is 25.6. The number of carbonyl (C=O) groups excluding carboxylic acids is 2. The Morgan fingerprint density at radius 1 is 0.936 bits per heavy atom. The van der Waals surface area contributed by atoms with Gasteiger partial charge in [-0.1, -0.05) is 0 Å². The number of amides is 1. The van der Waals surface area contributed by atoms with Gasteiger partial charge in [-0.15, -0.1) is 13.2 Å². The lowest BCUT2D eigenvalue weighted by atomic mass is 9.81. The van der Waals surface area contributed by atoms with Crippen molar-refractivity contribution in [2.75, 3.05) is 25.1 Å². The van der Waals surface area contributed by atoms with Gasteiger partial charge in [0.25, 0.3) is 0 Å². The molecule has 1 aliphatic heterocycles. The number of halogens is 9. The SMILES string of the molecule is CCN(CC1CCC(C(=O)OC)CC1)c1ccc(OC(F)(F)F)cc1CN1C(=O)O[C@H](c2cc(C(F)(F)F)cc(C(F)(F)F)c2)[C@@H]1C. The Morgan fingerprint density at radius 2 is 1.53 bits per heavy atom. The van der Waals surface area contributed by atoms with Crippen LogP contribution in [0.4, 0.5) is 50.0 Å². The van der Waals surface area contributed by atoms with Crippen molar-refractivity contribution in [1.29, 1.82) is 0 Å². The highest BCUT2D eigenvalue weighted by atomic mass is 19.4. The van der Waals surface area contributed by atoms with Gasteiger partial charge >= 0.3 is 30.8 Å². The fourth-order valence-corrected chi connectivity index (χ4v) is 6.14. The molecule has 0 bridgehead atoms. The fraction of sp³-hybridized carbons (Fsp3) is 0.548. The van der Waals surface area contributed by atoms with E-state index in [9.17, 15) is 49.1 Å². The predicted molar refractivity (Wildman–Crippen MR) is 149 cm³/mol. The molecule has 1 heterocycles. The first-order chi connectivity index (χ1) is 21.8. The Bertz CT molecular complexity index is 1400. The van der Waals surface area contributed by atoms with E-state index in [1.165, 1.54) is 20.1 Å². The first kappa shape index (κ1) is 36.0. The summed E-state index contributed by atoms with van der Waals surface area (Å²) in [6.45, 7) is 3.65. The molecule has 16 heteroatoms. The molecule has 2 aromatic carbocycles. The standard InChI is InChI=1S/C31H33F9N2O5/c1-4-41(15-18-5-7-19(8-6-18)27(43)45-3)25-10-9-24(47-31(38,39)40)13-21(25)16-42-17(2)26(46-28(42)44)20-11-22(29(32,33)34)14-23(12-20)30(35,36)37/h9-14,17-19,26H,4-8,15-16H2,1-3H3/t17-,18?,19?,26-/m0/s1. The highest BCUT2D eigenvalue weighted by Gasteiger charge is 2.44. The van der Waals surface area contributed by atoms with Crippen LogP contribution in [0.3, 0.4) is 0 Å². The molecule has 47 heavy (non-hydrogen) atoms. The normalized spacial score (nSPS) is 22.2.